The van der Waals surface area contributed by atoms with E-state index in [0.717, 1.165) is 0 Å². The molecule has 1 aliphatic rings. The molecule has 2 unspecified atom stereocenters. The van der Waals surface area contributed by atoms with Gasteiger partial charge in [-0.15, -0.1) is 0 Å². The number of hydrogen-bond acceptors (Lipinski definition) is 4. The highest BCUT2D eigenvalue weighted by molar-refractivity contribution is 7.92. The molecule has 0 spiro atoms. The first-order valence-electron chi connectivity index (χ1n) is 5.11. The van der Waals surface area contributed by atoms with Crippen molar-refractivity contribution in [3.05, 3.63) is 0 Å². The highest BCUT2D eigenvalue weighted by atomic mass is 32.2. The van der Waals surface area contributed by atoms with Crippen LogP contribution < -0.4 is 5.73 Å². The molecule has 0 aromatic rings. The van der Waals surface area contributed by atoms with Crippen LogP contribution in [0.15, 0.2) is 0 Å². The van der Waals surface area contributed by atoms with Gasteiger partial charge < -0.3 is 10.6 Å². The molecule has 1 rings (SSSR count). The van der Waals surface area contributed by atoms with Crippen LogP contribution >= 0.6 is 0 Å². The van der Waals surface area contributed by atoms with Crippen molar-refractivity contribution in [2.75, 3.05) is 18.8 Å². The Morgan fingerprint density at radius 3 is 2.60 bits per heavy atom. The summed E-state index contributed by atoms with van der Waals surface area (Å²) in [5, 5.41) is -0.479. The number of nitrogens with two attached hydrogens (primary N) is 1. The molecule has 0 radical (unpaired) electrons. The zero-order valence-electron chi connectivity index (χ0n) is 9.14. The molecule has 0 saturated carbocycles. The zero-order valence-corrected chi connectivity index (χ0v) is 9.96. The van der Waals surface area contributed by atoms with Gasteiger partial charge in [-0.2, -0.15) is 0 Å². The molecule has 6 heteroatoms. The summed E-state index contributed by atoms with van der Waals surface area (Å²) in [7, 11) is -3.02. The lowest BCUT2D eigenvalue weighted by Crippen LogP contribution is -2.54. The molecule has 2 N–H and O–H groups in total. The van der Waals surface area contributed by atoms with Crippen LogP contribution in [0.25, 0.3) is 0 Å². The van der Waals surface area contributed by atoms with Crippen molar-refractivity contribution in [1.82, 2.24) is 4.90 Å². The SMILES string of the molecule is CC1C(C)S(=O)(=O)CCN1C(=O)CCN. The van der Waals surface area contributed by atoms with Crippen molar-refractivity contribution < 1.29 is 13.2 Å². The van der Waals surface area contributed by atoms with Gasteiger partial charge in [0.2, 0.25) is 5.91 Å². The van der Waals surface area contributed by atoms with Crippen LogP contribution in [0.2, 0.25) is 0 Å². The predicted octanol–water partition coefficient (Wildman–Crippen LogP) is -0.631. The second-order valence-electron chi connectivity index (χ2n) is 3.94. The Labute approximate surface area is 90.5 Å². The van der Waals surface area contributed by atoms with E-state index in [-0.39, 0.29) is 24.1 Å². The number of amides is 1. The first kappa shape index (κ1) is 12.4. The molecule has 0 aromatic carbocycles. The summed E-state index contributed by atoms with van der Waals surface area (Å²) in [6, 6.07) is -0.247. The summed E-state index contributed by atoms with van der Waals surface area (Å²) >= 11 is 0. The number of carbonyl (C=O) groups is 1. The Morgan fingerprint density at radius 1 is 1.47 bits per heavy atom. The van der Waals surface area contributed by atoms with Gasteiger partial charge in [-0.1, -0.05) is 0 Å². The molecule has 0 aliphatic carbocycles. The minimum absolute atomic E-state index is 0.0493. The van der Waals surface area contributed by atoms with E-state index in [2.05, 4.69) is 0 Å². The zero-order chi connectivity index (χ0) is 11.6. The standard InChI is InChI=1S/C9H18N2O3S/c1-7-8(2)15(13,14)6-5-11(7)9(12)3-4-10/h7-8H,3-6,10H2,1-2H3. The van der Waals surface area contributed by atoms with Gasteiger partial charge in [0.05, 0.1) is 11.0 Å². The topological polar surface area (TPSA) is 80.5 Å². The maximum absolute atomic E-state index is 11.6. The van der Waals surface area contributed by atoms with Gasteiger partial charge in [0.1, 0.15) is 0 Å². The summed E-state index contributed by atoms with van der Waals surface area (Å²) in [6.45, 7) is 4.04. The Bertz CT molecular complexity index is 339. The minimum atomic E-state index is -3.02. The van der Waals surface area contributed by atoms with Gasteiger partial charge in [0, 0.05) is 25.6 Å². The summed E-state index contributed by atoms with van der Waals surface area (Å²) in [6.07, 6.45) is 0.289. The lowest BCUT2D eigenvalue weighted by molar-refractivity contribution is -0.132. The van der Waals surface area contributed by atoms with E-state index in [0.29, 0.717) is 13.1 Å². The van der Waals surface area contributed by atoms with Crippen molar-refractivity contribution in [2.24, 2.45) is 5.73 Å². The molecule has 5 nitrogen and oxygen atoms in total. The molecule has 1 heterocycles. The summed E-state index contributed by atoms with van der Waals surface area (Å²) in [5.41, 5.74) is 5.30. The van der Waals surface area contributed by atoms with Crippen LogP contribution in [0.3, 0.4) is 0 Å². The Balaban J connectivity index is 2.77. The van der Waals surface area contributed by atoms with E-state index < -0.39 is 15.1 Å². The second kappa shape index (κ2) is 4.49. The molecule has 15 heavy (non-hydrogen) atoms. The van der Waals surface area contributed by atoms with Gasteiger partial charge in [0.15, 0.2) is 9.84 Å². The Hall–Kier alpha value is -0.620. The number of carbonyl (C=O) groups excluding carboxylic acids is 1. The largest absolute Gasteiger partial charge is 0.338 e. The number of nitrogens with zero attached hydrogens (tertiary/aromatic N) is 1. The monoisotopic (exact) mass is 234 g/mol. The quantitative estimate of drug-likeness (QED) is 0.690. The van der Waals surface area contributed by atoms with Crippen LogP contribution in [0.1, 0.15) is 20.3 Å². The maximum atomic E-state index is 11.6. The normalized spacial score (nSPS) is 30.2. The van der Waals surface area contributed by atoms with Crippen molar-refractivity contribution in [2.45, 2.75) is 31.6 Å². The molecular formula is C9H18N2O3S. The van der Waals surface area contributed by atoms with Gasteiger partial charge in [0.25, 0.3) is 0 Å². The molecule has 1 fully saturated rings. The first-order chi connectivity index (χ1) is 6.90. The average Bonchev–Trinajstić information content (AvgIpc) is 2.15. The molecule has 88 valence electrons. The minimum Gasteiger partial charge on any atom is -0.338 e. The van der Waals surface area contributed by atoms with Crippen LogP contribution in [-0.4, -0.2) is 49.4 Å². The van der Waals surface area contributed by atoms with Crippen LogP contribution in [0, 0.1) is 0 Å². The third-order valence-electron chi connectivity index (χ3n) is 3.03. The first-order valence-corrected chi connectivity index (χ1v) is 6.83. The number of rotatable bonds is 2. The fourth-order valence-electron chi connectivity index (χ4n) is 1.79. The Morgan fingerprint density at radius 2 is 2.07 bits per heavy atom. The number of sulfone groups is 1. The third kappa shape index (κ3) is 2.49. The van der Waals surface area contributed by atoms with E-state index in [9.17, 15) is 13.2 Å². The second-order valence-corrected chi connectivity index (χ2v) is 6.42. The molecule has 1 saturated heterocycles. The van der Waals surface area contributed by atoms with Crippen molar-refractivity contribution in [1.29, 1.82) is 0 Å². The molecule has 0 aromatic heterocycles. The molecular weight excluding hydrogens is 216 g/mol. The lowest BCUT2D eigenvalue weighted by Gasteiger charge is -2.37. The third-order valence-corrected chi connectivity index (χ3v) is 5.31. The van der Waals surface area contributed by atoms with E-state index >= 15 is 0 Å². The van der Waals surface area contributed by atoms with Gasteiger partial charge in [-0.05, 0) is 13.8 Å². The molecule has 1 amide bonds. The van der Waals surface area contributed by atoms with Crippen LogP contribution in [0.4, 0.5) is 0 Å². The van der Waals surface area contributed by atoms with Gasteiger partial charge in [-0.25, -0.2) is 8.42 Å². The van der Waals surface area contributed by atoms with Crippen LogP contribution in [-0.2, 0) is 14.6 Å². The van der Waals surface area contributed by atoms with Gasteiger partial charge >= 0.3 is 0 Å². The van der Waals surface area contributed by atoms with Gasteiger partial charge in [-0.3, -0.25) is 4.79 Å². The molecule has 2 atom stereocenters. The Kier molecular flexibility index (Phi) is 3.72. The summed E-state index contributed by atoms with van der Waals surface area (Å²) in [4.78, 5) is 13.2. The molecule has 0 bridgehead atoms. The van der Waals surface area contributed by atoms with E-state index in [1.807, 2.05) is 0 Å². The average molecular weight is 234 g/mol. The molecule has 1 aliphatic heterocycles. The summed E-state index contributed by atoms with van der Waals surface area (Å²) in [5.74, 6) is 0.0150. The fraction of sp³-hybridized carbons (Fsp3) is 0.889. The van der Waals surface area contributed by atoms with Crippen molar-refractivity contribution >= 4 is 15.7 Å². The lowest BCUT2D eigenvalue weighted by atomic mass is 10.2. The van der Waals surface area contributed by atoms with E-state index in [4.69, 9.17) is 5.73 Å². The van der Waals surface area contributed by atoms with E-state index in [1.54, 1.807) is 18.7 Å². The van der Waals surface area contributed by atoms with Crippen molar-refractivity contribution in [3.63, 3.8) is 0 Å². The van der Waals surface area contributed by atoms with E-state index in [1.165, 1.54) is 0 Å². The maximum Gasteiger partial charge on any atom is 0.224 e. The summed E-state index contributed by atoms with van der Waals surface area (Å²) < 4.78 is 23.1. The highest BCUT2D eigenvalue weighted by Gasteiger charge is 2.37. The van der Waals surface area contributed by atoms with Crippen LogP contribution in [0.5, 0.6) is 0 Å². The number of hydrogen-bond donors (Lipinski definition) is 1. The highest BCUT2D eigenvalue weighted by Crippen LogP contribution is 2.19. The predicted molar refractivity (Wildman–Crippen MR) is 58.1 cm³/mol. The van der Waals surface area contributed by atoms with Crippen molar-refractivity contribution in [3.8, 4) is 0 Å². The smallest absolute Gasteiger partial charge is 0.224 e. The fourth-order valence-corrected chi connectivity index (χ4v) is 3.36.